The number of ether oxygens (including phenoxy) is 1. The quantitative estimate of drug-likeness (QED) is 0.887. The van der Waals surface area contributed by atoms with Crippen LogP contribution in [0.25, 0.3) is 0 Å². The summed E-state index contributed by atoms with van der Waals surface area (Å²) in [7, 11) is 1.95. The van der Waals surface area contributed by atoms with Crippen molar-refractivity contribution in [1.29, 1.82) is 0 Å². The molecule has 0 aliphatic rings. The van der Waals surface area contributed by atoms with Crippen molar-refractivity contribution < 1.29 is 4.74 Å². The molecule has 0 aliphatic heterocycles. The van der Waals surface area contributed by atoms with Crippen molar-refractivity contribution in [2.75, 3.05) is 7.05 Å². The number of hydrogen-bond acceptors (Lipinski definition) is 2. The first-order valence-electron chi connectivity index (χ1n) is 6.59. The molecular weight excluding hydrogens is 234 g/mol. The molecule has 2 nitrogen and oxygen atoms in total. The third kappa shape index (κ3) is 3.36. The average Bonchev–Trinajstić information content (AvgIpc) is 2.37. The van der Waals surface area contributed by atoms with Gasteiger partial charge in [0.2, 0.25) is 0 Å². The summed E-state index contributed by atoms with van der Waals surface area (Å²) in [6.07, 6.45) is 0. The van der Waals surface area contributed by atoms with Crippen LogP contribution in [0.4, 0.5) is 0 Å². The van der Waals surface area contributed by atoms with Crippen LogP contribution in [0.15, 0.2) is 36.4 Å². The zero-order chi connectivity index (χ0) is 13.8. The van der Waals surface area contributed by atoms with Gasteiger partial charge in [-0.15, -0.1) is 0 Å². The largest absolute Gasteiger partial charge is 0.457 e. The monoisotopic (exact) mass is 255 g/mol. The molecule has 0 saturated heterocycles. The molecule has 0 amide bonds. The summed E-state index contributed by atoms with van der Waals surface area (Å²) in [5.74, 6) is 1.86. The molecule has 0 radical (unpaired) electrons. The smallest absolute Gasteiger partial charge is 0.131 e. The second kappa shape index (κ2) is 5.89. The van der Waals surface area contributed by atoms with Crippen LogP contribution in [0, 0.1) is 20.8 Å². The van der Waals surface area contributed by atoms with Crippen molar-refractivity contribution in [3.05, 3.63) is 58.7 Å². The van der Waals surface area contributed by atoms with Crippen molar-refractivity contribution in [1.82, 2.24) is 5.32 Å². The van der Waals surface area contributed by atoms with Crippen LogP contribution in [-0.2, 0) is 6.54 Å². The Morgan fingerprint density at radius 1 is 0.895 bits per heavy atom. The molecule has 19 heavy (non-hydrogen) atoms. The van der Waals surface area contributed by atoms with Crippen LogP contribution in [-0.4, -0.2) is 7.05 Å². The number of benzene rings is 2. The molecule has 100 valence electrons. The van der Waals surface area contributed by atoms with E-state index in [0.29, 0.717) is 0 Å². The third-order valence-corrected chi connectivity index (χ3v) is 3.15. The fourth-order valence-electron chi connectivity index (χ4n) is 2.07. The lowest BCUT2D eigenvalue weighted by atomic mass is 10.1. The Morgan fingerprint density at radius 3 is 2.32 bits per heavy atom. The van der Waals surface area contributed by atoms with Gasteiger partial charge in [-0.05, 0) is 51.1 Å². The minimum atomic E-state index is 0.807. The van der Waals surface area contributed by atoms with E-state index in [4.69, 9.17) is 4.74 Å². The zero-order valence-electron chi connectivity index (χ0n) is 12.1. The Morgan fingerprint density at radius 2 is 1.58 bits per heavy atom. The molecule has 0 spiro atoms. The first-order valence-corrected chi connectivity index (χ1v) is 6.59. The van der Waals surface area contributed by atoms with E-state index >= 15 is 0 Å². The van der Waals surface area contributed by atoms with Gasteiger partial charge in [-0.25, -0.2) is 0 Å². The second-order valence-electron chi connectivity index (χ2n) is 5.01. The normalized spacial score (nSPS) is 10.5. The highest BCUT2D eigenvalue weighted by Crippen LogP contribution is 2.29. The van der Waals surface area contributed by atoms with Crippen molar-refractivity contribution in [3.8, 4) is 11.5 Å². The molecular formula is C17H21NO. The molecule has 0 aliphatic carbocycles. The Kier molecular flexibility index (Phi) is 4.23. The fraction of sp³-hybridized carbons (Fsp3) is 0.294. The molecule has 2 rings (SSSR count). The van der Waals surface area contributed by atoms with Crippen LogP contribution in [0.3, 0.4) is 0 Å². The Hall–Kier alpha value is -1.80. The maximum absolute atomic E-state index is 6.09. The fourth-order valence-corrected chi connectivity index (χ4v) is 2.07. The van der Waals surface area contributed by atoms with Gasteiger partial charge in [0.25, 0.3) is 0 Å². The molecule has 0 bridgehead atoms. The lowest BCUT2D eigenvalue weighted by molar-refractivity contribution is 0.470. The summed E-state index contributed by atoms with van der Waals surface area (Å²) < 4.78 is 6.09. The molecule has 0 unspecified atom stereocenters. The standard InChI is InChI=1S/C17H21NO/c1-12-6-8-16(15(9-12)11-18-4)19-17-10-13(2)5-7-14(17)3/h5-10,18H,11H2,1-4H3. The summed E-state index contributed by atoms with van der Waals surface area (Å²) in [6, 6.07) is 12.6. The van der Waals surface area contributed by atoms with Gasteiger partial charge in [0.15, 0.2) is 0 Å². The zero-order valence-corrected chi connectivity index (χ0v) is 12.1. The number of aryl methyl sites for hydroxylation is 3. The Labute approximate surface area is 115 Å². The van der Waals surface area contributed by atoms with Gasteiger partial charge in [0, 0.05) is 12.1 Å². The predicted molar refractivity (Wildman–Crippen MR) is 79.9 cm³/mol. The summed E-state index contributed by atoms with van der Waals surface area (Å²) in [5, 5.41) is 3.18. The van der Waals surface area contributed by atoms with E-state index < -0.39 is 0 Å². The first-order chi connectivity index (χ1) is 9.10. The van der Waals surface area contributed by atoms with Crippen molar-refractivity contribution in [2.45, 2.75) is 27.3 Å². The van der Waals surface area contributed by atoms with Crippen LogP contribution in [0.2, 0.25) is 0 Å². The van der Waals surface area contributed by atoms with Crippen molar-refractivity contribution in [3.63, 3.8) is 0 Å². The van der Waals surface area contributed by atoms with Crippen LogP contribution in [0.1, 0.15) is 22.3 Å². The van der Waals surface area contributed by atoms with Gasteiger partial charge < -0.3 is 10.1 Å². The third-order valence-electron chi connectivity index (χ3n) is 3.15. The van der Waals surface area contributed by atoms with Gasteiger partial charge in [0.1, 0.15) is 11.5 Å². The highest BCUT2D eigenvalue weighted by atomic mass is 16.5. The Balaban J connectivity index is 2.34. The van der Waals surface area contributed by atoms with E-state index in [1.54, 1.807) is 0 Å². The minimum absolute atomic E-state index is 0.807. The molecule has 2 aromatic carbocycles. The number of hydrogen-bond donors (Lipinski definition) is 1. The van der Waals surface area contributed by atoms with E-state index in [1.165, 1.54) is 16.7 Å². The summed E-state index contributed by atoms with van der Waals surface area (Å²) in [6.45, 7) is 7.05. The molecule has 2 heteroatoms. The second-order valence-corrected chi connectivity index (χ2v) is 5.01. The van der Waals surface area contributed by atoms with Crippen molar-refractivity contribution >= 4 is 0 Å². The van der Waals surface area contributed by atoms with Crippen LogP contribution < -0.4 is 10.1 Å². The van der Waals surface area contributed by atoms with E-state index in [1.807, 2.05) is 13.1 Å². The maximum atomic E-state index is 6.09. The summed E-state index contributed by atoms with van der Waals surface area (Å²) in [4.78, 5) is 0. The number of nitrogens with one attached hydrogen (secondary N) is 1. The van der Waals surface area contributed by atoms with Gasteiger partial charge in [-0.3, -0.25) is 0 Å². The van der Waals surface area contributed by atoms with E-state index in [0.717, 1.165) is 23.6 Å². The first kappa shape index (κ1) is 13.6. The van der Waals surface area contributed by atoms with Gasteiger partial charge >= 0.3 is 0 Å². The van der Waals surface area contributed by atoms with Gasteiger partial charge in [-0.2, -0.15) is 0 Å². The highest BCUT2D eigenvalue weighted by molar-refractivity contribution is 5.43. The van der Waals surface area contributed by atoms with E-state index in [-0.39, 0.29) is 0 Å². The average molecular weight is 255 g/mol. The molecule has 2 aromatic rings. The lowest BCUT2D eigenvalue weighted by Gasteiger charge is -2.14. The SMILES string of the molecule is CNCc1cc(C)ccc1Oc1cc(C)ccc1C. The van der Waals surface area contributed by atoms with Crippen LogP contribution in [0.5, 0.6) is 11.5 Å². The van der Waals surface area contributed by atoms with Crippen LogP contribution >= 0.6 is 0 Å². The van der Waals surface area contributed by atoms with Crippen molar-refractivity contribution in [2.24, 2.45) is 0 Å². The molecule has 0 heterocycles. The Bertz CT molecular complexity index is 575. The van der Waals surface area contributed by atoms with E-state index in [9.17, 15) is 0 Å². The molecule has 0 aromatic heterocycles. The molecule has 0 fully saturated rings. The lowest BCUT2D eigenvalue weighted by Crippen LogP contribution is -2.06. The highest BCUT2D eigenvalue weighted by Gasteiger charge is 2.07. The summed E-state index contributed by atoms with van der Waals surface area (Å²) in [5.41, 5.74) is 4.80. The molecule has 0 saturated carbocycles. The minimum Gasteiger partial charge on any atom is -0.457 e. The number of rotatable bonds is 4. The summed E-state index contributed by atoms with van der Waals surface area (Å²) >= 11 is 0. The van der Waals surface area contributed by atoms with Gasteiger partial charge in [0.05, 0.1) is 0 Å². The molecule has 0 atom stereocenters. The topological polar surface area (TPSA) is 21.3 Å². The van der Waals surface area contributed by atoms with E-state index in [2.05, 4.69) is 56.4 Å². The van der Waals surface area contributed by atoms with Gasteiger partial charge in [-0.1, -0.05) is 29.8 Å². The molecule has 1 N–H and O–H groups in total. The maximum Gasteiger partial charge on any atom is 0.131 e. The predicted octanol–water partition coefficient (Wildman–Crippen LogP) is 4.12.